The molecule has 0 saturated heterocycles. The molecule has 0 amide bonds. The number of nitrogens with zero attached hydrogens (tertiary/aromatic N) is 1. The molecular formula is C10H17N3S. The third-order valence-electron chi connectivity index (χ3n) is 3.29. The zero-order valence-corrected chi connectivity index (χ0v) is 9.74. The summed E-state index contributed by atoms with van der Waals surface area (Å²) in [5.74, 6) is 0.662. The minimum Gasteiger partial charge on any atom is -0.383 e. The second kappa shape index (κ2) is 3.12. The highest BCUT2D eigenvalue weighted by Gasteiger charge is 2.38. The van der Waals surface area contributed by atoms with Gasteiger partial charge in [0.15, 0.2) is 0 Å². The number of hydrogen-bond donors (Lipinski definition) is 2. The van der Waals surface area contributed by atoms with Crippen LogP contribution < -0.4 is 11.1 Å². The summed E-state index contributed by atoms with van der Waals surface area (Å²) in [5.41, 5.74) is 7.22. The molecule has 3 nitrogen and oxygen atoms in total. The zero-order valence-electron chi connectivity index (χ0n) is 8.92. The Morgan fingerprint density at radius 2 is 2.29 bits per heavy atom. The van der Waals surface area contributed by atoms with Crippen molar-refractivity contribution in [2.45, 2.75) is 39.7 Å². The fourth-order valence-corrected chi connectivity index (χ4v) is 2.54. The van der Waals surface area contributed by atoms with Gasteiger partial charge in [0, 0.05) is 11.6 Å². The summed E-state index contributed by atoms with van der Waals surface area (Å²) < 4.78 is 4.13. The summed E-state index contributed by atoms with van der Waals surface area (Å²) in [6.07, 6.45) is 2.56. The van der Waals surface area contributed by atoms with E-state index in [4.69, 9.17) is 5.73 Å². The molecule has 1 aliphatic rings. The summed E-state index contributed by atoms with van der Waals surface area (Å²) in [4.78, 5) is 0. The van der Waals surface area contributed by atoms with Gasteiger partial charge in [-0.05, 0) is 36.7 Å². The number of anilines is 2. The van der Waals surface area contributed by atoms with Crippen molar-refractivity contribution in [1.82, 2.24) is 4.37 Å². The monoisotopic (exact) mass is 211 g/mol. The van der Waals surface area contributed by atoms with Crippen LogP contribution in [0.2, 0.25) is 0 Å². The van der Waals surface area contributed by atoms with Crippen molar-refractivity contribution < 1.29 is 0 Å². The SMILES string of the molecule is Cc1c(N)nsc1NC1CCC1(C)C. The molecule has 3 N–H and O–H groups in total. The molecule has 2 rings (SSSR count). The van der Waals surface area contributed by atoms with Gasteiger partial charge in [-0.15, -0.1) is 0 Å². The molecule has 1 heterocycles. The largest absolute Gasteiger partial charge is 0.383 e. The highest BCUT2D eigenvalue weighted by molar-refractivity contribution is 7.10. The predicted molar refractivity (Wildman–Crippen MR) is 61.7 cm³/mol. The van der Waals surface area contributed by atoms with Crippen LogP contribution in [0.5, 0.6) is 0 Å². The quantitative estimate of drug-likeness (QED) is 0.790. The fourth-order valence-electron chi connectivity index (χ4n) is 1.77. The summed E-state index contributed by atoms with van der Waals surface area (Å²) >= 11 is 1.47. The van der Waals surface area contributed by atoms with Crippen molar-refractivity contribution in [1.29, 1.82) is 0 Å². The molecule has 1 aromatic heterocycles. The van der Waals surface area contributed by atoms with Crippen LogP contribution in [-0.2, 0) is 0 Å². The third kappa shape index (κ3) is 1.47. The predicted octanol–water partition coefficient (Wildman–Crippen LogP) is 2.63. The van der Waals surface area contributed by atoms with E-state index in [0.717, 1.165) is 10.6 Å². The minimum atomic E-state index is 0.422. The summed E-state index contributed by atoms with van der Waals surface area (Å²) in [6.45, 7) is 6.62. The number of nitrogens with two attached hydrogens (primary N) is 1. The van der Waals surface area contributed by atoms with Gasteiger partial charge in [-0.2, -0.15) is 4.37 Å². The summed E-state index contributed by atoms with van der Waals surface area (Å²) in [6, 6.07) is 0.584. The van der Waals surface area contributed by atoms with E-state index < -0.39 is 0 Å². The second-order valence-corrected chi connectivity index (χ2v) is 5.52. The molecule has 0 aromatic carbocycles. The second-order valence-electron chi connectivity index (χ2n) is 4.75. The Hall–Kier alpha value is -0.770. The number of hydrogen-bond acceptors (Lipinski definition) is 4. The molecule has 1 unspecified atom stereocenters. The third-order valence-corrected chi connectivity index (χ3v) is 4.18. The van der Waals surface area contributed by atoms with Gasteiger partial charge < -0.3 is 11.1 Å². The van der Waals surface area contributed by atoms with Gasteiger partial charge in [0.1, 0.15) is 10.8 Å². The Labute approximate surface area is 88.9 Å². The van der Waals surface area contributed by atoms with Crippen LogP contribution in [0.3, 0.4) is 0 Å². The van der Waals surface area contributed by atoms with Gasteiger partial charge >= 0.3 is 0 Å². The Morgan fingerprint density at radius 3 is 2.64 bits per heavy atom. The number of nitrogens with one attached hydrogen (secondary N) is 1. The van der Waals surface area contributed by atoms with Crippen LogP contribution in [0, 0.1) is 12.3 Å². The minimum absolute atomic E-state index is 0.422. The average molecular weight is 211 g/mol. The molecule has 0 radical (unpaired) electrons. The molecule has 0 spiro atoms. The van der Waals surface area contributed by atoms with Crippen LogP contribution in [0.15, 0.2) is 0 Å². The van der Waals surface area contributed by atoms with Crippen LogP contribution in [0.25, 0.3) is 0 Å². The van der Waals surface area contributed by atoms with E-state index in [1.807, 2.05) is 6.92 Å². The van der Waals surface area contributed by atoms with E-state index in [0.29, 0.717) is 17.3 Å². The first-order chi connectivity index (χ1) is 6.50. The van der Waals surface area contributed by atoms with Crippen molar-refractivity contribution in [3.63, 3.8) is 0 Å². The van der Waals surface area contributed by atoms with Gasteiger partial charge in [0.05, 0.1) is 0 Å². The molecule has 1 aromatic rings. The number of aromatic nitrogens is 1. The lowest BCUT2D eigenvalue weighted by atomic mass is 9.67. The maximum Gasteiger partial charge on any atom is 0.142 e. The number of rotatable bonds is 2. The normalized spacial score (nSPS) is 24.4. The lowest BCUT2D eigenvalue weighted by Gasteiger charge is -2.45. The molecule has 1 aliphatic carbocycles. The zero-order chi connectivity index (χ0) is 10.3. The van der Waals surface area contributed by atoms with E-state index in [-0.39, 0.29) is 0 Å². The topological polar surface area (TPSA) is 50.9 Å². The Kier molecular flexibility index (Phi) is 2.18. The smallest absolute Gasteiger partial charge is 0.142 e. The van der Waals surface area contributed by atoms with Crippen molar-refractivity contribution in [3.8, 4) is 0 Å². The van der Waals surface area contributed by atoms with E-state index >= 15 is 0 Å². The first-order valence-corrected chi connectivity index (χ1v) is 5.76. The fraction of sp³-hybridized carbons (Fsp3) is 0.700. The Balaban J connectivity index is 2.08. The summed E-state index contributed by atoms with van der Waals surface area (Å²) in [5, 5.41) is 4.67. The molecule has 1 saturated carbocycles. The highest BCUT2D eigenvalue weighted by Crippen LogP contribution is 2.43. The van der Waals surface area contributed by atoms with Crippen LogP contribution in [0.4, 0.5) is 10.8 Å². The van der Waals surface area contributed by atoms with E-state index in [1.165, 1.54) is 24.4 Å². The van der Waals surface area contributed by atoms with Gasteiger partial charge in [0.25, 0.3) is 0 Å². The first-order valence-electron chi connectivity index (χ1n) is 4.99. The van der Waals surface area contributed by atoms with Crippen molar-refractivity contribution in [2.75, 3.05) is 11.1 Å². The van der Waals surface area contributed by atoms with Gasteiger partial charge in [-0.1, -0.05) is 13.8 Å². The van der Waals surface area contributed by atoms with Crippen molar-refractivity contribution in [2.24, 2.45) is 5.41 Å². The van der Waals surface area contributed by atoms with E-state index in [2.05, 4.69) is 23.5 Å². The van der Waals surface area contributed by atoms with Gasteiger partial charge in [0.2, 0.25) is 0 Å². The lowest BCUT2D eigenvalue weighted by Crippen LogP contribution is -2.45. The molecule has 0 bridgehead atoms. The van der Waals surface area contributed by atoms with Crippen LogP contribution in [0.1, 0.15) is 32.3 Å². The number of nitrogen functional groups attached to an aromatic ring is 1. The molecule has 4 heteroatoms. The molecular weight excluding hydrogens is 194 g/mol. The molecule has 0 aliphatic heterocycles. The standard InChI is InChI=1S/C10H17N3S/c1-6-8(11)13-14-9(6)12-7-4-5-10(7,2)3/h7,12H,4-5H2,1-3H3,(H2,11,13). The molecule has 78 valence electrons. The highest BCUT2D eigenvalue weighted by atomic mass is 32.1. The van der Waals surface area contributed by atoms with E-state index in [1.54, 1.807) is 0 Å². The van der Waals surface area contributed by atoms with Crippen LogP contribution in [-0.4, -0.2) is 10.4 Å². The lowest BCUT2D eigenvalue weighted by molar-refractivity contribution is 0.160. The van der Waals surface area contributed by atoms with Crippen molar-refractivity contribution >= 4 is 22.4 Å². The Morgan fingerprint density at radius 1 is 1.57 bits per heavy atom. The summed E-state index contributed by atoms with van der Waals surface area (Å²) in [7, 11) is 0. The first kappa shape index (κ1) is 9.77. The Bertz CT molecular complexity index is 343. The molecule has 1 fully saturated rings. The van der Waals surface area contributed by atoms with Crippen LogP contribution >= 0.6 is 11.5 Å². The van der Waals surface area contributed by atoms with E-state index in [9.17, 15) is 0 Å². The van der Waals surface area contributed by atoms with Gasteiger partial charge in [-0.3, -0.25) is 0 Å². The molecule has 14 heavy (non-hydrogen) atoms. The average Bonchev–Trinajstić information content (AvgIpc) is 2.43. The van der Waals surface area contributed by atoms with Crippen molar-refractivity contribution in [3.05, 3.63) is 5.56 Å². The maximum atomic E-state index is 5.70. The van der Waals surface area contributed by atoms with Gasteiger partial charge in [-0.25, -0.2) is 0 Å². The maximum absolute atomic E-state index is 5.70. The molecule has 1 atom stereocenters.